The Balaban J connectivity index is 2.18. The number of thiazole rings is 1. The molecule has 0 bridgehead atoms. The maximum atomic E-state index is 8.24. The van der Waals surface area contributed by atoms with Crippen LogP contribution in [0.1, 0.15) is 35.7 Å². The van der Waals surface area contributed by atoms with Gasteiger partial charge in [0.25, 0.3) is 0 Å². The zero-order valence-electron chi connectivity index (χ0n) is 15.8. The van der Waals surface area contributed by atoms with Crippen LogP contribution in [0.2, 0.25) is 0 Å². The first-order valence-corrected chi connectivity index (χ1v) is 7.29. The van der Waals surface area contributed by atoms with E-state index in [1.54, 1.807) is 0 Å². The van der Waals surface area contributed by atoms with Crippen LogP contribution < -0.4 is 4.57 Å². The van der Waals surface area contributed by atoms with Crippen LogP contribution >= 0.6 is 11.3 Å². The zero-order valence-corrected chi connectivity index (χ0v) is 12.6. The van der Waals surface area contributed by atoms with Crippen LogP contribution in [0.25, 0.3) is 21.5 Å². The van der Waals surface area contributed by atoms with Gasteiger partial charge in [-0.2, -0.15) is 4.57 Å². The number of pyridine rings is 1. The van der Waals surface area contributed by atoms with Gasteiger partial charge < -0.3 is 0 Å². The summed E-state index contributed by atoms with van der Waals surface area (Å²) in [5, 5.41) is 0.319. The Labute approximate surface area is 129 Å². The van der Waals surface area contributed by atoms with Gasteiger partial charge in [0.15, 0.2) is 6.20 Å². The molecule has 0 fully saturated rings. The van der Waals surface area contributed by atoms with Crippen LogP contribution in [-0.4, -0.2) is 4.98 Å². The molecule has 2 nitrogen and oxygen atoms in total. The van der Waals surface area contributed by atoms with Crippen LogP contribution in [0.4, 0.5) is 0 Å². The molecule has 3 rings (SSSR count). The molecule has 0 spiro atoms. The maximum Gasteiger partial charge on any atom is 0.214 e. The minimum atomic E-state index is -2.41. The van der Waals surface area contributed by atoms with Gasteiger partial charge in [0.1, 0.15) is 12.6 Å². The summed E-state index contributed by atoms with van der Waals surface area (Å²) >= 11 is 1.28. The van der Waals surface area contributed by atoms with Crippen LogP contribution in [0.3, 0.4) is 0 Å². The number of rotatable bonds is 2. The van der Waals surface area contributed by atoms with Gasteiger partial charge in [0, 0.05) is 23.0 Å². The Bertz CT molecular complexity index is 913. The third-order valence-electron chi connectivity index (χ3n) is 3.39. The molecule has 3 heteroatoms. The average molecular weight is 287 g/mol. The van der Waals surface area contributed by atoms with Gasteiger partial charge in [-0.25, -0.2) is 4.98 Å². The predicted octanol–water partition coefficient (Wildman–Crippen LogP) is 4.22. The van der Waals surface area contributed by atoms with E-state index in [1.807, 2.05) is 36.0 Å². The molecule has 0 aliphatic heterocycles. The van der Waals surface area contributed by atoms with Crippen molar-refractivity contribution in [3.8, 4) is 11.3 Å². The van der Waals surface area contributed by atoms with E-state index in [-0.39, 0.29) is 0 Å². The molecule has 3 aromatic rings. The quantitative estimate of drug-likeness (QED) is 0.645. The van der Waals surface area contributed by atoms with Crippen molar-refractivity contribution in [3.63, 3.8) is 0 Å². The zero-order chi connectivity index (χ0) is 17.7. The van der Waals surface area contributed by atoms with E-state index >= 15 is 0 Å². The van der Waals surface area contributed by atoms with Crippen molar-refractivity contribution in [2.24, 2.45) is 7.05 Å². The summed E-state index contributed by atoms with van der Waals surface area (Å²) in [6, 6.07) is 10.2. The maximum absolute atomic E-state index is 8.24. The monoisotopic (exact) mass is 287 g/mol. The minimum Gasteiger partial charge on any atom is -0.235 e. The topological polar surface area (TPSA) is 16.8 Å². The molecule has 1 atom stereocenters. The SMILES string of the molecule is [2H]C([2H])([2H])C([2H])(C)c1nc2c[n+](C)c(-c3ccccc3C)cc2s1. The van der Waals surface area contributed by atoms with Gasteiger partial charge in [-0.15, -0.1) is 11.3 Å². The smallest absolute Gasteiger partial charge is 0.214 e. The second-order valence-electron chi connectivity index (χ2n) is 4.98. The number of hydrogen-bond acceptors (Lipinski definition) is 2. The van der Waals surface area contributed by atoms with E-state index in [2.05, 4.69) is 24.0 Å². The van der Waals surface area contributed by atoms with Gasteiger partial charge in [-0.3, -0.25) is 0 Å². The van der Waals surface area contributed by atoms with Crippen molar-refractivity contribution in [2.45, 2.75) is 26.6 Å². The number of fused-ring (bicyclic) bond motifs is 1. The van der Waals surface area contributed by atoms with E-state index < -0.39 is 12.7 Å². The van der Waals surface area contributed by atoms with Crippen LogP contribution in [-0.2, 0) is 7.05 Å². The van der Waals surface area contributed by atoms with E-state index in [0.29, 0.717) is 5.01 Å². The number of benzene rings is 1. The standard InChI is InChI=1S/C17H19N2S/c1-11(2)17-18-14-10-19(4)15(9-16(14)20-17)13-8-6-5-7-12(13)3/h5-11H,1-4H3/q+1/i1D3,11D. The average Bonchev–Trinajstić information content (AvgIpc) is 2.89. The third kappa shape index (κ3) is 2.22. The van der Waals surface area contributed by atoms with Gasteiger partial charge in [0.2, 0.25) is 5.69 Å². The molecule has 2 aromatic heterocycles. The summed E-state index contributed by atoms with van der Waals surface area (Å²) in [4.78, 5) is 4.42. The summed E-state index contributed by atoms with van der Waals surface area (Å²) < 4.78 is 33.9. The Kier molecular flexibility index (Phi) is 2.30. The van der Waals surface area contributed by atoms with Crippen molar-refractivity contribution >= 4 is 21.6 Å². The molecule has 1 unspecified atom stereocenters. The summed E-state index contributed by atoms with van der Waals surface area (Å²) in [5.41, 5.74) is 4.06. The van der Waals surface area contributed by atoms with E-state index in [4.69, 9.17) is 5.48 Å². The lowest BCUT2D eigenvalue weighted by Gasteiger charge is -2.03. The van der Waals surface area contributed by atoms with E-state index in [0.717, 1.165) is 21.5 Å². The van der Waals surface area contributed by atoms with Crippen molar-refractivity contribution < 1.29 is 10.1 Å². The van der Waals surface area contributed by atoms with E-state index in [1.165, 1.54) is 23.8 Å². The summed E-state index contributed by atoms with van der Waals surface area (Å²) in [6.07, 6.45) is 1.90. The lowest BCUT2D eigenvalue weighted by atomic mass is 10.1. The Morgan fingerprint density at radius 2 is 2.20 bits per heavy atom. The first-order chi connectivity index (χ1) is 11.1. The van der Waals surface area contributed by atoms with E-state index in [9.17, 15) is 0 Å². The molecule has 20 heavy (non-hydrogen) atoms. The van der Waals surface area contributed by atoms with Crippen LogP contribution in [0, 0.1) is 6.92 Å². The molecule has 0 saturated heterocycles. The molecule has 2 heterocycles. The van der Waals surface area contributed by atoms with Gasteiger partial charge >= 0.3 is 0 Å². The number of aromatic nitrogens is 2. The normalized spacial score (nSPS) is 17.9. The molecular weight excluding hydrogens is 264 g/mol. The Hall–Kier alpha value is -1.74. The highest BCUT2D eigenvalue weighted by Crippen LogP contribution is 2.29. The molecule has 1 aromatic carbocycles. The third-order valence-corrected chi connectivity index (χ3v) is 4.52. The molecule has 0 saturated carbocycles. The lowest BCUT2D eigenvalue weighted by molar-refractivity contribution is -0.659. The second-order valence-corrected chi connectivity index (χ2v) is 6.01. The Morgan fingerprint density at radius 3 is 2.95 bits per heavy atom. The van der Waals surface area contributed by atoms with Crippen molar-refractivity contribution in [2.75, 3.05) is 0 Å². The Morgan fingerprint density at radius 1 is 1.40 bits per heavy atom. The minimum absolute atomic E-state index is 0.319. The van der Waals surface area contributed by atoms with Crippen LogP contribution in [0.15, 0.2) is 36.5 Å². The van der Waals surface area contributed by atoms with Gasteiger partial charge in [-0.1, -0.05) is 32.0 Å². The number of nitrogens with zero attached hydrogens (tertiary/aromatic N) is 2. The highest BCUT2D eigenvalue weighted by molar-refractivity contribution is 7.18. The molecular formula is C17H19N2S+. The molecule has 0 amide bonds. The fraction of sp³-hybridized carbons (Fsp3) is 0.294. The lowest BCUT2D eigenvalue weighted by Crippen LogP contribution is -2.30. The number of hydrogen-bond donors (Lipinski definition) is 0. The van der Waals surface area contributed by atoms with Crippen LogP contribution in [0.5, 0.6) is 0 Å². The largest absolute Gasteiger partial charge is 0.235 e. The summed E-state index contributed by atoms with van der Waals surface area (Å²) in [6.45, 7) is 1.05. The van der Waals surface area contributed by atoms with Crippen molar-refractivity contribution in [1.29, 1.82) is 0 Å². The first-order valence-electron chi connectivity index (χ1n) is 8.48. The predicted molar refractivity (Wildman–Crippen MR) is 85.1 cm³/mol. The summed E-state index contributed by atoms with van der Waals surface area (Å²) in [5.74, 6) is -1.71. The molecule has 0 aliphatic rings. The molecule has 102 valence electrons. The van der Waals surface area contributed by atoms with Crippen molar-refractivity contribution in [1.82, 2.24) is 4.98 Å². The number of aryl methyl sites for hydroxylation is 2. The molecule has 0 N–H and O–H groups in total. The highest BCUT2D eigenvalue weighted by atomic mass is 32.1. The molecule has 0 radical (unpaired) electrons. The summed E-state index contributed by atoms with van der Waals surface area (Å²) in [7, 11) is 1.95. The van der Waals surface area contributed by atoms with Gasteiger partial charge in [-0.05, 0) is 18.6 Å². The highest BCUT2D eigenvalue weighted by Gasteiger charge is 2.17. The second kappa shape index (κ2) is 4.98. The van der Waals surface area contributed by atoms with Gasteiger partial charge in [0.05, 0.1) is 9.71 Å². The molecule has 0 aliphatic carbocycles. The fourth-order valence-corrected chi connectivity index (χ4v) is 3.19. The fourth-order valence-electron chi connectivity index (χ4n) is 2.31. The van der Waals surface area contributed by atoms with Crippen molar-refractivity contribution in [3.05, 3.63) is 47.1 Å². The first kappa shape index (κ1) is 9.24.